The lowest BCUT2D eigenvalue weighted by Gasteiger charge is -2.47. The zero-order valence-electron chi connectivity index (χ0n) is 22.6. The van der Waals surface area contributed by atoms with Crippen LogP contribution in [0.1, 0.15) is 66.2 Å². The van der Waals surface area contributed by atoms with E-state index >= 15 is 0 Å². The molecule has 1 aliphatic heterocycles. The SMILES string of the molecule is COC1C(OC(=O)NC2CCC(NC(=O)CNO[B]F)CC2)CC[C@]2(CO2)C1C(C)(C)OCC=C(C)C. The van der Waals surface area contributed by atoms with E-state index < -0.39 is 17.8 Å². The first kappa shape index (κ1) is 29.8. The van der Waals surface area contributed by atoms with E-state index in [-0.39, 0.29) is 49.9 Å². The van der Waals surface area contributed by atoms with Crippen molar-refractivity contribution in [3.05, 3.63) is 11.6 Å². The Labute approximate surface area is 220 Å². The summed E-state index contributed by atoms with van der Waals surface area (Å²) in [5.74, 6) is -0.371. The summed E-state index contributed by atoms with van der Waals surface area (Å²) in [6.07, 6.45) is 5.11. The third kappa shape index (κ3) is 8.38. The Hall–Kier alpha value is -1.73. The van der Waals surface area contributed by atoms with Crippen molar-refractivity contribution >= 4 is 19.8 Å². The molecule has 209 valence electrons. The van der Waals surface area contributed by atoms with Gasteiger partial charge in [0.05, 0.1) is 31.0 Å². The van der Waals surface area contributed by atoms with Gasteiger partial charge in [-0.05, 0) is 66.2 Å². The van der Waals surface area contributed by atoms with E-state index in [1.165, 1.54) is 5.57 Å². The van der Waals surface area contributed by atoms with Crippen LogP contribution in [0.4, 0.5) is 9.11 Å². The van der Waals surface area contributed by atoms with Crippen LogP contribution in [0.3, 0.4) is 0 Å². The van der Waals surface area contributed by atoms with Gasteiger partial charge in [-0.1, -0.05) is 11.6 Å². The number of halogens is 1. The maximum absolute atomic E-state index is 12.8. The van der Waals surface area contributed by atoms with Gasteiger partial charge >= 0.3 is 13.9 Å². The molecule has 2 aliphatic carbocycles. The lowest BCUT2D eigenvalue weighted by molar-refractivity contribution is -0.172. The summed E-state index contributed by atoms with van der Waals surface area (Å²) >= 11 is 0. The number of carbonyl (C=O) groups is 2. The standard InChI is InChI=1S/C25H42BFN3O7/c1-16(2)11-13-34-24(3,4)22-21(33-5)19(10-12-25(22)15-35-25)36-23(32)30-18-8-6-17(7-9-18)29-20(31)14-28-37-26-27/h11,17-19,21-22,28H,6-10,12-15H2,1-5H3,(H,29,31)(H,30,32)/t17?,18?,19?,21?,22?,25-/m0/s1. The van der Waals surface area contributed by atoms with Gasteiger partial charge in [-0.15, -0.1) is 0 Å². The smallest absolute Gasteiger partial charge is 0.443 e. The summed E-state index contributed by atoms with van der Waals surface area (Å²) in [7, 11) is 1.62. The number of epoxide rings is 1. The lowest BCUT2D eigenvalue weighted by atomic mass is 9.68. The molecule has 3 aliphatic rings. The summed E-state index contributed by atoms with van der Waals surface area (Å²) in [5, 5.41) is 5.86. The molecule has 0 bridgehead atoms. The Kier molecular flexibility index (Phi) is 10.8. The van der Waals surface area contributed by atoms with Gasteiger partial charge in [0.2, 0.25) is 5.91 Å². The second-order valence-corrected chi connectivity index (χ2v) is 11.0. The Morgan fingerprint density at radius 2 is 1.78 bits per heavy atom. The summed E-state index contributed by atoms with van der Waals surface area (Å²) in [4.78, 5) is 24.7. The Morgan fingerprint density at radius 3 is 2.35 bits per heavy atom. The van der Waals surface area contributed by atoms with Gasteiger partial charge in [-0.25, -0.2) is 10.3 Å². The number of hydroxylamine groups is 1. The van der Waals surface area contributed by atoms with Gasteiger partial charge in [0.15, 0.2) is 0 Å². The lowest BCUT2D eigenvalue weighted by Crippen LogP contribution is -2.59. The average Bonchev–Trinajstić information content (AvgIpc) is 3.60. The largest absolute Gasteiger partial charge is 0.553 e. The quantitative estimate of drug-likeness (QED) is 0.117. The van der Waals surface area contributed by atoms with Crippen LogP contribution >= 0.6 is 0 Å². The third-order valence-electron chi connectivity index (χ3n) is 7.63. The van der Waals surface area contributed by atoms with Gasteiger partial charge in [0, 0.05) is 25.1 Å². The molecule has 10 nitrogen and oxygen atoms in total. The van der Waals surface area contributed by atoms with Crippen molar-refractivity contribution < 1.29 is 37.6 Å². The Balaban J connectivity index is 1.50. The minimum atomic E-state index is -0.545. The number of methoxy groups -OCH3 is 1. The van der Waals surface area contributed by atoms with E-state index in [9.17, 15) is 13.9 Å². The molecule has 12 heteroatoms. The normalized spacial score (nSPS) is 31.4. The Bertz CT molecular complexity index is 799. The highest BCUT2D eigenvalue weighted by Gasteiger charge is 2.64. The number of rotatable bonds is 12. The fourth-order valence-electron chi connectivity index (χ4n) is 5.73. The van der Waals surface area contributed by atoms with Gasteiger partial charge in [0.25, 0.3) is 0 Å². The molecule has 0 aromatic rings. The molecule has 0 aromatic carbocycles. The molecular weight excluding hydrogens is 484 g/mol. The van der Waals surface area contributed by atoms with E-state index in [0.717, 1.165) is 19.3 Å². The van der Waals surface area contributed by atoms with Gasteiger partial charge < -0.3 is 34.3 Å². The third-order valence-corrected chi connectivity index (χ3v) is 7.63. The summed E-state index contributed by atoms with van der Waals surface area (Å²) < 4.78 is 40.1. The van der Waals surface area contributed by atoms with Crippen LogP contribution < -0.4 is 16.1 Å². The highest BCUT2D eigenvalue weighted by molar-refractivity contribution is 6.16. The number of ether oxygens (including phenoxy) is 4. The van der Waals surface area contributed by atoms with Crippen LogP contribution in [-0.2, 0) is 28.5 Å². The highest BCUT2D eigenvalue weighted by Crippen LogP contribution is 2.52. The van der Waals surface area contributed by atoms with E-state index in [2.05, 4.69) is 20.9 Å². The molecule has 37 heavy (non-hydrogen) atoms. The van der Waals surface area contributed by atoms with E-state index in [0.29, 0.717) is 32.5 Å². The number of nitrogens with one attached hydrogen (secondary N) is 3. The number of hydrogen-bond acceptors (Lipinski definition) is 8. The number of amides is 2. The fraction of sp³-hybridized carbons (Fsp3) is 0.840. The zero-order valence-corrected chi connectivity index (χ0v) is 22.6. The predicted molar refractivity (Wildman–Crippen MR) is 135 cm³/mol. The maximum atomic E-state index is 12.8. The fourth-order valence-corrected chi connectivity index (χ4v) is 5.73. The minimum absolute atomic E-state index is 0.00185. The number of allylic oxidation sites excluding steroid dienone is 1. The van der Waals surface area contributed by atoms with Gasteiger partial charge in [-0.2, -0.15) is 0 Å². The average molecular weight is 526 g/mol. The van der Waals surface area contributed by atoms with Crippen LogP contribution in [0, 0.1) is 5.92 Å². The van der Waals surface area contributed by atoms with Crippen molar-refractivity contribution in [3.63, 3.8) is 0 Å². The number of carbonyl (C=O) groups excluding carboxylic acids is 2. The van der Waals surface area contributed by atoms with E-state index in [1.54, 1.807) is 7.11 Å². The molecule has 1 spiro atoms. The first-order valence-corrected chi connectivity index (χ1v) is 13.1. The summed E-state index contributed by atoms with van der Waals surface area (Å²) in [6, 6.07) is -0.0383. The van der Waals surface area contributed by atoms with Crippen molar-refractivity contribution in [2.45, 2.75) is 102 Å². The number of alkyl carbamates (subject to hydrolysis) is 1. The van der Waals surface area contributed by atoms with Gasteiger partial charge in [0.1, 0.15) is 12.2 Å². The van der Waals surface area contributed by atoms with Crippen LogP contribution in [0.2, 0.25) is 0 Å². The molecule has 1 radical (unpaired) electrons. The second kappa shape index (κ2) is 13.4. The van der Waals surface area contributed by atoms with Crippen molar-refractivity contribution in [1.82, 2.24) is 16.1 Å². The van der Waals surface area contributed by atoms with Crippen molar-refractivity contribution in [1.29, 1.82) is 0 Å². The zero-order chi connectivity index (χ0) is 27.1. The Morgan fingerprint density at radius 1 is 1.14 bits per heavy atom. The molecule has 3 N–H and O–H groups in total. The molecule has 1 heterocycles. The second-order valence-electron chi connectivity index (χ2n) is 11.0. The predicted octanol–water partition coefficient (Wildman–Crippen LogP) is 2.49. The topological polar surface area (TPSA) is 120 Å². The van der Waals surface area contributed by atoms with E-state index in [1.807, 2.05) is 33.8 Å². The molecule has 3 rings (SSSR count). The molecule has 2 amide bonds. The van der Waals surface area contributed by atoms with E-state index in [4.69, 9.17) is 18.9 Å². The monoisotopic (exact) mass is 526 g/mol. The summed E-state index contributed by atoms with van der Waals surface area (Å²) in [5.41, 5.74) is 2.53. The van der Waals surface area contributed by atoms with Crippen LogP contribution in [0.25, 0.3) is 0 Å². The molecular formula is C25H42BFN3O7. The molecule has 0 aromatic heterocycles. The highest BCUT2D eigenvalue weighted by atomic mass is 19.1. The molecule has 1 saturated heterocycles. The number of hydrogen-bond donors (Lipinski definition) is 3. The molecule has 3 unspecified atom stereocenters. The first-order valence-electron chi connectivity index (χ1n) is 13.1. The van der Waals surface area contributed by atoms with Crippen molar-refractivity contribution in [3.8, 4) is 0 Å². The first-order chi connectivity index (χ1) is 17.6. The van der Waals surface area contributed by atoms with Crippen LogP contribution in [0.5, 0.6) is 0 Å². The molecule has 4 atom stereocenters. The molecule has 2 saturated carbocycles. The molecule has 3 fully saturated rings. The minimum Gasteiger partial charge on any atom is -0.443 e. The van der Waals surface area contributed by atoms with Crippen molar-refractivity contribution in [2.75, 3.05) is 26.9 Å². The van der Waals surface area contributed by atoms with Crippen molar-refractivity contribution in [2.24, 2.45) is 5.92 Å². The van der Waals surface area contributed by atoms with Crippen LogP contribution in [0.15, 0.2) is 11.6 Å². The van der Waals surface area contributed by atoms with Gasteiger partial charge in [-0.3, -0.25) is 9.11 Å². The van der Waals surface area contributed by atoms with Crippen LogP contribution in [-0.4, -0.2) is 82.1 Å². The maximum Gasteiger partial charge on any atom is 0.553 e. The summed E-state index contributed by atoms with van der Waals surface area (Å²) in [6.45, 7) is 9.18.